The average Bonchev–Trinajstić information content (AvgIpc) is 3.12. The predicted octanol–water partition coefficient (Wildman–Crippen LogP) is 1.95. The first-order chi connectivity index (χ1) is 13.4. The van der Waals surface area contributed by atoms with Crippen molar-refractivity contribution in [2.24, 2.45) is 0 Å². The van der Waals surface area contributed by atoms with Crippen molar-refractivity contribution in [3.63, 3.8) is 0 Å². The van der Waals surface area contributed by atoms with Crippen LogP contribution >= 0.6 is 11.6 Å². The number of aromatic nitrogens is 4. The summed E-state index contributed by atoms with van der Waals surface area (Å²) in [6, 6.07) is 3.07. The molecule has 0 aliphatic carbocycles. The summed E-state index contributed by atoms with van der Waals surface area (Å²) in [5.74, 6) is -0.362. The fourth-order valence-corrected chi connectivity index (χ4v) is 3.66. The van der Waals surface area contributed by atoms with E-state index in [0.717, 1.165) is 5.52 Å². The first-order valence-electron chi connectivity index (χ1n) is 8.87. The van der Waals surface area contributed by atoms with Gasteiger partial charge in [0.2, 0.25) is 5.43 Å². The van der Waals surface area contributed by atoms with Crippen LogP contribution in [0.5, 0.6) is 5.75 Å². The van der Waals surface area contributed by atoms with Crippen LogP contribution in [0.3, 0.4) is 0 Å². The first kappa shape index (κ1) is 18.3. The zero-order valence-electron chi connectivity index (χ0n) is 15.4. The molecule has 1 aliphatic heterocycles. The van der Waals surface area contributed by atoms with Crippen LogP contribution in [0.1, 0.15) is 30.0 Å². The number of aromatic hydroxyl groups is 1. The van der Waals surface area contributed by atoms with Gasteiger partial charge in [0, 0.05) is 37.0 Å². The minimum Gasteiger partial charge on any atom is -0.503 e. The van der Waals surface area contributed by atoms with E-state index in [9.17, 15) is 14.7 Å². The molecule has 3 aromatic heterocycles. The van der Waals surface area contributed by atoms with Crippen LogP contribution < -0.4 is 10.7 Å². The predicted molar refractivity (Wildman–Crippen MR) is 105 cm³/mol. The lowest BCUT2D eigenvalue weighted by Gasteiger charge is -2.34. The second-order valence-electron chi connectivity index (χ2n) is 6.92. The minimum absolute atomic E-state index is 0.0231. The normalized spacial score (nSPS) is 14.0. The molecule has 0 bridgehead atoms. The highest BCUT2D eigenvalue weighted by molar-refractivity contribution is 6.34. The molecule has 0 atom stereocenters. The van der Waals surface area contributed by atoms with E-state index in [-0.39, 0.29) is 24.2 Å². The van der Waals surface area contributed by atoms with Crippen LogP contribution in [0.2, 0.25) is 5.15 Å². The Morgan fingerprint density at radius 2 is 2.11 bits per heavy atom. The van der Waals surface area contributed by atoms with Crippen LogP contribution in [-0.4, -0.2) is 48.2 Å². The van der Waals surface area contributed by atoms with Gasteiger partial charge in [-0.3, -0.25) is 14.7 Å². The molecule has 3 N–H and O–H groups in total. The Kier molecular flexibility index (Phi) is 4.46. The highest BCUT2D eigenvalue weighted by atomic mass is 35.5. The number of nitrogens with one attached hydrogen (secondary N) is 2. The highest BCUT2D eigenvalue weighted by Crippen LogP contribution is 2.25. The minimum atomic E-state index is -0.586. The number of fused-ring (bicyclic) bond motifs is 2. The Bertz CT molecular complexity index is 1140. The van der Waals surface area contributed by atoms with Gasteiger partial charge in [-0.15, -0.1) is 0 Å². The molecule has 0 fully saturated rings. The summed E-state index contributed by atoms with van der Waals surface area (Å²) < 4.78 is 1.68. The van der Waals surface area contributed by atoms with Crippen molar-refractivity contribution in [3.05, 3.63) is 45.1 Å². The van der Waals surface area contributed by atoms with Gasteiger partial charge in [-0.25, -0.2) is 4.98 Å². The monoisotopic (exact) mass is 402 g/mol. The van der Waals surface area contributed by atoms with Crippen molar-refractivity contribution in [3.8, 4) is 5.75 Å². The van der Waals surface area contributed by atoms with Crippen molar-refractivity contribution in [2.45, 2.75) is 33.0 Å². The number of carbonyl (C=O) groups is 1. The van der Waals surface area contributed by atoms with Crippen LogP contribution in [0.15, 0.2) is 23.1 Å². The molecule has 0 spiro atoms. The van der Waals surface area contributed by atoms with Gasteiger partial charge in [0.15, 0.2) is 11.4 Å². The Hall–Kier alpha value is -3.07. The number of carbonyl (C=O) groups excluding carboxylic acids is 1. The smallest absolute Gasteiger partial charge is 0.274 e. The first-order valence-corrected chi connectivity index (χ1v) is 9.24. The second-order valence-corrected chi connectivity index (χ2v) is 7.28. The van der Waals surface area contributed by atoms with Crippen molar-refractivity contribution in [1.82, 2.24) is 24.6 Å². The summed E-state index contributed by atoms with van der Waals surface area (Å²) >= 11 is 6.16. The third-order valence-corrected chi connectivity index (χ3v) is 5.15. The number of anilines is 1. The lowest BCUT2D eigenvalue weighted by atomic mass is 10.1. The maximum atomic E-state index is 12.8. The van der Waals surface area contributed by atoms with E-state index < -0.39 is 11.2 Å². The van der Waals surface area contributed by atoms with Crippen molar-refractivity contribution in [2.75, 3.05) is 11.9 Å². The largest absolute Gasteiger partial charge is 0.503 e. The molecule has 4 heterocycles. The SMILES string of the molecule is CC(C)N1CCn2c(CNc3cc4[nH]ncc4c(Cl)n3)cc(=O)c(O)c2C1=O. The molecule has 3 aromatic rings. The van der Waals surface area contributed by atoms with Crippen molar-refractivity contribution < 1.29 is 9.90 Å². The Labute approximate surface area is 164 Å². The molecule has 0 saturated heterocycles. The van der Waals surface area contributed by atoms with Gasteiger partial charge in [0.25, 0.3) is 5.91 Å². The molecule has 4 rings (SSSR count). The fourth-order valence-electron chi connectivity index (χ4n) is 3.42. The Balaban J connectivity index is 1.68. The Morgan fingerprint density at radius 3 is 2.86 bits per heavy atom. The summed E-state index contributed by atoms with van der Waals surface area (Å²) in [5, 5.41) is 21.1. The lowest BCUT2D eigenvalue weighted by Crippen LogP contribution is -2.46. The molecule has 1 aliphatic rings. The third-order valence-electron chi connectivity index (χ3n) is 4.86. The Morgan fingerprint density at radius 1 is 1.32 bits per heavy atom. The number of rotatable bonds is 4. The number of H-pyrrole nitrogens is 1. The molecular weight excluding hydrogens is 384 g/mol. The van der Waals surface area contributed by atoms with Crippen LogP contribution in [-0.2, 0) is 13.1 Å². The molecule has 10 heteroatoms. The van der Waals surface area contributed by atoms with E-state index in [2.05, 4.69) is 20.5 Å². The fraction of sp³-hybridized carbons (Fsp3) is 0.333. The van der Waals surface area contributed by atoms with Crippen molar-refractivity contribution in [1.29, 1.82) is 0 Å². The molecular formula is C18H19ClN6O3. The second kappa shape index (κ2) is 6.83. The van der Waals surface area contributed by atoms with E-state index in [4.69, 9.17) is 11.6 Å². The zero-order valence-corrected chi connectivity index (χ0v) is 16.1. The lowest BCUT2D eigenvalue weighted by molar-refractivity contribution is 0.0639. The molecule has 146 valence electrons. The quantitative estimate of drug-likeness (QED) is 0.574. The number of amides is 1. The van der Waals surface area contributed by atoms with E-state index >= 15 is 0 Å². The molecule has 0 radical (unpaired) electrons. The van der Waals surface area contributed by atoms with Crippen molar-refractivity contribution >= 4 is 34.2 Å². The maximum Gasteiger partial charge on any atom is 0.274 e. The van der Waals surface area contributed by atoms with Gasteiger partial charge < -0.3 is 19.9 Å². The van der Waals surface area contributed by atoms with Crippen LogP contribution in [0.25, 0.3) is 10.9 Å². The summed E-state index contributed by atoms with van der Waals surface area (Å²) in [6.07, 6.45) is 1.59. The summed E-state index contributed by atoms with van der Waals surface area (Å²) in [4.78, 5) is 30.9. The molecule has 0 aromatic carbocycles. The van der Waals surface area contributed by atoms with Gasteiger partial charge in [-0.1, -0.05) is 11.6 Å². The summed E-state index contributed by atoms with van der Waals surface area (Å²) in [6.45, 7) is 5.02. The van der Waals surface area contributed by atoms with E-state index in [0.29, 0.717) is 35.1 Å². The van der Waals surface area contributed by atoms with E-state index in [1.807, 2.05) is 13.8 Å². The number of aromatic amines is 1. The van der Waals surface area contributed by atoms with Gasteiger partial charge in [-0.2, -0.15) is 5.10 Å². The highest BCUT2D eigenvalue weighted by Gasteiger charge is 2.31. The number of nitrogens with zero attached hydrogens (tertiary/aromatic N) is 4. The van der Waals surface area contributed by atoms with Crippen LogP contribution in [0, 0.1) is 0 Å². The van der Waals surface area contributed by atoms with Crippen LogP contribution in [0.4, 0.5) is 5.82 Å². The molecule has 9 nitrogen and oxygen atoms in total. The molecule has 1 amide bonds. The van der Waals surface area contributed by atoms with Gasteiger partial charge in [0.1, 0.15) is 11.0 Å². The topological polar surface area (TPSA) is 116 Å². The number of pyridine rings is 2. The van der Waals surface area contributed by atoms with E-state index in [1.54, 1.807) is 21.7 Å². The van der Waals surface area contributed by atoms with E-state index in [1.165, 1.54) is 6.07 Å². The summed E-state index contributed by atoms with van der Waals surface area (Å²) in [7, 11) is 0. The average molecular weight is 403 g/mol. The molecule has 0 saturated carbocycles. The third kappa shape index (κ3) is 2.97. The van der Waals surface area contributed by atoms with Gasteiger partial charge in [-0.05, 0) is 13.8 Å². The van der Waals surface area contributed by atoms with Gasteiger partial charge in [0.05, 0.1) is 23.6 Å². The zero-order chi connectivity index (χ0) is 20.0. The number of halogens is 1. The standard InChI is InChI=1S/C18H19ClN6O3/c1-9(2)24-3-4-25-10(5-13(26)16(27)15(25)18(24)28)7-20-14-6-12-11(8-21-23-12)17(19)22-14/h5-6,8-9,27H,3-4,7H2,1-2H3,(H,20,22)(H,21,23). The van der Waals surface area contributed by atoms with Gasteiger partial charge >= 0.3 is 0 Å². The molecule has 28 heavy (non-hydrogen) atoms. The molecule has 0 unspecified atom stereocenters. The summed E-state index contributed by atoms with van der Waals surface area (Å²) in [5.41, 5.74) is 0.753. The maximum absolute atomic E-state index is 12.8. The number of hydrogen-bond acceptors (Lipinski definition) is 6. The number of hydrogen-bond donors (Lipinski definition) is 3.